The van der Waals surface area contributed by atoms with E-state index in [1.165, 1.54) is 22.5 Å². The summed E-state index contributed by atoms with van der Waals surface area (Å²) >= 11 is 3.39. The summed E-state index contributed by atoms with van der Waals surface area (Å²) in [6.45, 7) is 3.36. The molecule has 2 aromatic carbocycles. The molecule has 1 fully saturated rings. The van der Waals surface area contributed by atoms with Crippen LogP contribution in [-0.2, 0) is 14.8 Å². The number of amides is 1. The molecule has 0 aliphatic carbocycles. The van der Waals surface area contributed by atoms with Crippen LogP contribution in [0, 0.1) is 5.82 Å². The zero-order chi connectivity index (χ0) is 21.0. The van der Waals surface area contributed by atoms with Gasteiger partial charge in [-0.05, 0) is 36.8 Å². The van der Waals surface area contributed by atoms with Crippen LogP contribution < -0.4 is 5.32 Å². The van der Waals surface area contributed by atoms with E-state index in [9.17, 15) is 17.6 Å². The molecule has 29 heavy (non-hydrogen) atoms. The standard InChI is InChI=1S/C20H23BrFN3O3S/c1-15(16-6-8-17(21)9-7-16)23-20(26)14-24-10-12-25(13-11-24)29(27,28)19-5-3-2-4-18(19)22/h2-9,15H,10-14H2,1H3,(H,23,26). The number of carbonyl (C=O) groups excluding carboxylic acids is 1. The quantitative estimate of drug-likeness (QED) is 0.685. The van der Waals surface area contributed by atoms with Gasteiger partial charge in [0.1, 0.15) is 10.7 Å². The molecule has 2 aromatic rings. The number of rotatable bonds is 6. The van der Waals surface area contributed by atoms with Crippen LogP contribution >= 0.6 is 15.9 Å². The van der Waals surface area contributed by atoms with Crippen molar-refractivity contribution in [3.63, 3.8) is 0 Å². The number of carbonyl (C=O) groups is 1. The van der Waals surface area contributed by atoms with Gasteiger partial charge in [-0.15, -0.1) is 0 Å². The van der Waals surface area contributed by atoms with Gasteiger partial charge in [0.2, 0.25) is 15.9 Å². The Morgan fingerprint density at radius 3 is 2.34 bits per heavy atom. The van der Waals surface area contributed by atoms with Gasteiger partial charge in [0.05, 0.1) is 12.6 Å². The lowest BCUT2D eigenvalue weighted by Crippen LogP contribution is -2.51. The predicted octanol–water partition coefficient (Wildman–Crippen LogP) is 2.77. The van der Waals surface area contributed by atoms with E-state index in [2.05, 4.69) is 21.2 Å². The van der Waals surface area contributed by atoms with Crippen molar-refractivity contribution < 1.29 is 17.6 Å². The van der Waals surface area contributed by atoms with Crippen LogP contribution in [0.5, 0.6) is 0 Å². The molecule has 0 aromatic heterocycles. The zero-order valence-electron chi connectivity index (χ0n) is 16.0. The molecule has 3 rings (SSSR count). The maximum absolute atomic E-state index is 13.9. The molecular weight excluding hydrogens is 461 g/mol. The largest absolute Gasteiger partial charge is 0.348 e. The number of benzene rings is 2. The zero-order valence-corrected chi connectivity index (χ0v) is 18.4. The van der Waals surface area contributed by atoms with E-state index in [0.717, 1.165) is 16.1 Å². The third kappa shape index (κ3) is 5.42. The maximum Gasteiger partial charge on any atom is 0.246 e. The average Bonchev–Trinajstić information content (AvgIpc) is 2.69. The van der Waals surface area contributed by atoms with Gasteiger partial charge >= 0.3 is 0 Å². The highest BCUT2D eigenvalue weighted by Gasteiger charge is 2.30. The van der Waals surface area contributed by atoms with Gasteiger partial charge in [-0.1, -0.05) is 40.2 Å². The van der Waals surface area contributed by atoms with Crippen molar-refractivity contribution in [3.05, 3.63) is 64.4 Å². The van der Waals surface area contributed by atoms with Crippen molar-refractivity contribution in [2.45, 2.75) is 17.9 Å². The van der Waals surface area contributed by atoms with Crippen molar-refractivity contribution in [1.82, 2.24) is 14.5 Å². The topological polar surface area (TPSA) is 69.7 Å². The fourth-order valence-electron chi connectivity index (χ4n) is 3.25. The summed E-state index contributed by atoms with van der Waals surface area (Å²) in [5.74, 6) is -0.873. The first-order valence-corrected chi connectivity index (χ1v) is 11.5. The van der Waals surface area contributed by atoms with Crippen LogP contribution in [0.25, 0.3) is 0 Å². The van der Waals surface area contributed by atoms with Crippen LogP contribution in [0.4, 0.5) is 4.39 Å². The second kappa shape index (κ2) is 9.34. The molecule has 0 saturated carbocycles. The molecule has 9 heteroatoms. The van der Waals surface area contributed by atoms with Crippen molar-refractivity contribution in [3.8, 4) is 0 Å². The molecule has 0 spiro atoms. The number of nitrogens with zero attached hydrogens (tertiary/aromatic N) is 2. The van der Waals surface area contributed by atoms with Crippen LogP contribution in [0.3, 0.4) is 0 Å². The van der Waals surface area contributed by atoms with Gasteiger partial charge in [-0.2, -0.15) is 4.31 Å². The predicted molar refractivity (Wildman–Crippen MR) is 112 cm³/mol. The minimum Gasteiger partial charge on any atom is -0.348 e. The van der Waals surface area contributed by atoms with Gasteiger partial charge in [-0.25, -0.2) is 12.8 Å². The number of hydrogen-bond donors (Lipinski definition) is 1. The molecule has 0 bridgehead atoms. The third-order valence-electron chi connectivity index (χ3n) is 4.90. The second-order valence-electron chi connectivity index (χ2n) is 6.95. The molecule has 1 aliphatic rings. The van der Waals surface area contributed by atoms with Crippen LogP contribution in [0.1, 0.15) is 18.5 Å². The van der Waals surface area contributed by atoms with Crippen molar-refractivity contribution >= 4 is 31.9 Å². The summed E-state index contributed by atoms with van der Waals surface area (Å²) in [4.78, 5) is 14.0. The lowest BCUT2D eigenvalue weighted by Gasteiger charge is -2.33. The highest BCUT2D eigenvalue weighted by molar-refractivity contribution is 9.10. The number of nitrogens with one attached hydrogen (secondary N) is 1. The Kier molecular flexibility index (Phi) is 7.05. The van der Waals surface area contributed by atoms with E-state index in [-0.39, 0.29) is 36.5 Å². The summed E-state index contributed by atoms with van der Waals surface area (Å²) < 4.78 is 41.4. The Morgan fingerprint density at radius 2 is 1.72 bits per heavy atom. The van der Waals surface area contributed by atoms with Gasteiger partial charge in [-0.3, -0.25) is 9.69 Å². The minimum absolute atomic E-state index is 0.120. The van der Waals surface area contributed by atoms with Gasteiger partial charge in [0, 0.05) is 30.7 Å². The molecule has 1 N–H and O–H groups in total. The normalized spacial score (nSPS) is 17.1. The minimum atomic E-state index is -3.88. The monoisotopic (exact) mass is 483 g/mol. The number of hydrogen-bond acceptors (Lipinski definition) is 4. The molecule has 1 atom stereocenters. The summed E-state index contributed by atoms with van der Waals surface area (Å²) in [5.41, 5.74) is 1.00. The maximum atomic E-state index is 13.9. The first kappa shape index (κ1) is 21.9. The first-order chi connectivity index (χ1) is 13.8. The Balaban J connectivity index is 1.52. The molecule has 1 unspecified atom stereocenters. The third-order valence-corrected chi connectivity index (χ3v) is 7.36. The second-order valence-corrected chi connectivity index (χ2v) is 9.77. The van der Waals surface area contributed by atoms with Crippen LogP contribution in [0.2, 0.25) is 0 Å². The SMILES string of the molecule is CC(NC(=O)CN1CCN(S(=O)(=O)c2ccccc2F)CC1)c1ccc(Br)cc1. The van der Waals surface area contributed by atoms with E-state index in [0.29, 0.717) is 13.1 Å². The average molecular weight is 484 g/mol. The molecule has 156 valence electrons. The van der Waals surface area contributed by atoms with E-state index in [1.807, 2.05) is 36.1 Å². The Labute approximate surface area is 178 Å². The Bertz CT molecular complexity index is 961. The summed E-state index contributed by atoms with van der Waals surface area (Å²) in [7, 11) is -3.88. The number of piperazine rings is 1. The van der Waals surface area contributed by atoms with Gasteiger partial charge in [0.15, 0.2) is 0 Å². The molecular formula is C20H23BrFN3O3S. The first-order valence-electron chi connectivity index (χ1n) is 9.29. The smallest absolute Gasteiger partial charge is 0.246 e. The fourth-order valence-corrected chi connectivity index (χ4v) is 5.00. The van der Waals surface area contributed by atoms with Crippen molar-refractivity contribution in [1.29, 1.82) is 0 Å². The van der Waals surface area contributed by atoms with E-state index < -0.39 is 15.8 Å². The molecule has 1 saturated heterocycles. The summed E-state index contributed by atoms with van der Waals surface area (Å²) in [5, 5.41) is 2.96. The van der Waals surface area contributed by atoms with Crippen molar-refractivity contribution in [2.24, 2.45) is 0 Å². The number of halogens is 2. The number of sulfonamides is 1. The summed E-state index contributed by atoms with van der Waals surface area (Å²) in [6.07, 6.45) is 0. The molecule has 1 amide bonds. The van der Waals surface area contributed by atoms with E-state index >= 15 is 0 Å². The van der Waals surface area contributed by atoms with Gasteiger partial charge in [0.25, 0.3) is 0 Å². The Hall–Kier alpha value is -1.81. The summed E-state index contributed by atoms with van der Waals surface area (Å²) in [6, 6.07) is 13.0. The molecule has 1 aliphatic heterocycles. The van der Waals surface area contributed by atoms with E-state index in [4.69, 9.17) is 0 Å². The molecule has 0 radical (unpaired) electrons. The van der Waals surface area contributed by atoms with Crippen LogP contribution in [-0.4, -0.2) is 56.3 Å². The molecule has 1 heterocycles. The Morgan fingerprint density at radius 1 is 1.10 bits per heavy atom. The fraction of sp³-hybridized carbons (Fsp3) is 0.350. The lowest BCUT2D eigenvalue weighted by molar-refractivity contribution is -0.123. The van der Waals surface area contributed by atoms with E-state index in [1.54, 1.807) is 0 Å². The molecule has 6 nitrogen and oxygen atoms in total. The van der Waals surface area contributed by atoms with Crippen molar-refractivity contribution in [2.75, 3.05) is 32.7 Å². The van der Waals surface area contributed by atoms with Crippen LogP contribution in [0.15, 0.2) is 57.9 Å². The highest BCUT2D eigenvalue weighted by atomic mass is 79.9. The highest BCUT2D eigenvalue weighted by Crippen LogP contribution is 2.20. The lowest BCUT2D eigenvalue weighted by atomic mass is 10.1. The van der Waals surface area contributed by atoms with Gasteiger partial charge < -0.3 is 5.32 Å².